The van der Waals surface area contributed by atoms with Gasteiger partial charge in [-0.2, -0.15) is 0 Å². The number of nitrogens with one attached hydrogen (secondary N) is 1. The molecule has 17 heavy (non-hydrogen) atoms. The highest BCUT2D eigenvalue weighted by Gasteiger charge is 2.36. The van der Waals surface area contributed by atoms with Gasteiger partial charge in [0, 0.05) is 49.1 Å². The predicted octanol–water partition coefficient (Wildman–Crippen LogP) is 2.20. The first-order valence-electron chi connectivity index (χ1n) is 6.40. The molecule has 1 N–H and O–H groups in total. The van der Waals surface area contributed by atoms with E-state index in [2.05, 4.69) is 37.2 Å². The third-order valence-corrected chi connectivity index (χ3v) is 4.11. The summed E-state index contributed by atoms with van der Waals surface area (Å²) in [6.07, 6.45) is 6.66. The van der Waals surface area contributed by atoms with Crippen LogP contribution in [0, 0.1) is 5.92 Å². The van der Waals surface area contributed by atoms with Crippen LogP contribution in [-0.2, 0) is 0 Å². The molecule has 2 fully saturated rings. The van der Waals surface area contributed by atoms with Gasteiger partial charge < -0.3 is 5.32 Å². The summed E-state index contributed by atoms with van der Waals surface area (Å²) in [5, 5.41) is 3.43. The quantitative estimate of drug-likeness (QED) is 0.927. The van der Waals surface area contributed by atoms with Crippen LogP contribution in [0.1, 0.15) is 24.4 Å². The monoisotopic (exact) mass is 295 g/mol. The van der Waals surface area contributed by atoms with Gasteiger partial charge in [0.15, 0.2) is 0 Å². The van der Waals surface area contributed by atoms with Crippen LogP contribution in [0.15, 0.2) is 22.9 Å². The summed E-state index contributed by atoms with van der Waals surface area (Å²) in [6.45, 7) is 4.55. The summed E-state index contributed by atoms with van der Waals surface area (Å²) >= 11 is 3.53. The van der Waals surface area contributed by atoms with Gasteiger partial charge in [-0.05, 0) is 46.3 Å². The molecule has 1 atom stereocenters. The summed E-state index contributed by atoms with van der Waals surface area (Å²) in [5.74, 6) is 0.851. The van der Waals surface area contributed by atoms with E-state index in [1.54, 1.807) is 0 Å². The second-order valence-corrected chi connectivity index (χ2v) is 5.92. The molecule has 0 unspecified atom stereocenters. The zero-order valence-electron chi connectivity index (χ0n) is 9.90. The maximum Gasteiger partial charge on any atom is 0.0410 e. The van der Waals surface area contributed by atoms with Gasteiger partial charge >= 0.3 is 0 Å². The van der Waals surface area contributed by atoms with E-state index >= 15 is 0 Å². The number of nitrogens with zero attached hydrogens (tertiary/aromatic N) is 2. The van der Waals surface area contributed by atoms with E-state index < -0.39 is 0 Å². The first-order chi connectivity index (χ1) is 8.34. The van der Waals surface area contributed by atoms with Crippen LogP contribution in [0.4, 0.5) is 0 Å². The summed E-state index contributed by atoms with van der Waals surface area (Å²) < 4.78 is 1.09. The molecule has 2 heterocycles. The molecule has 0 bridgehead atoms. The molecule has 1 saturated carbocycles. The second-order valence-electron chi connectivity index (χ2n) is 5.00. The van der Waals surface area contributed by atoms with Crippen LogP contribution in [0.5, 0.6) is 0 Å². The minimum atomic E-state index is 0.585. The molecule has 4 heteroatoms. The molecule has 0 radical (unpaired) electrons. The molecule has 1 saturated heterocycles. The minimum Gasteiger partial charge on any atom is -0.314 e. The van der Waals surface area contributed by atoms with Crippen LogP contribution >= 0.6 is 15.9 Å². The van der Waals surface area contributed by atoms with Crippen molar-refractivity contribution < 1.29 is 0 Å². The average Bonchev–Trinajstić information content (AvgIpc) is 3.15. The van der Waals surface area contributed by atoms with Gasteiger partial charge in [0.05, 0.1) is 0 Å². The van der Waals surface area contributed by atoms with Crippen molar-refractivity contribution in [2.75, 3.05) is 26.2 Å². The summed E-state index contributed by atoms with van der Waals surface area (Å²) in [6, 6.07) is 2.82. The number of hydrogen-bond donors (Lipinski definition) is 1. The van der Waals surface area contributed by atoms with Crippen molar-refractivity contribution in [3.05, 3.63) is 28.5 Å². The van der Waals surface area contributed by atoms with Crippen LogP contribution < -0.4 is 5.32 Å². The maximum absolute atomic E-state index is 4.32. The fourth-order valence-electron chi connectivity index (χ4n) is 2.74. The third kappa shape index (κ3) is 2.69. The molecular formula is C13H18BrN3. The first kappa shape index (κ1) is 11.6. The Kier molecular flexibility index (Phi) is 3.45. The number of piperazine rings is 1. The van der Waals surface area contributed by atoms with Crippen molar-refractivity contribution in [2.24, 2.45) is 5.92 Å². The standard InChI is InChI=1S/C13H18BrN3/c14-12-7-11(8-16-9-12)13(10-1-2-10)17-5-3-15-4-6-17/h7-10,13,15H,1-6H2/t13-/m0/s1. The fourth-order valence-corrected chi connectivity index (χ4v) is 3.13. The summed E-state index contributed by atoms with van der Waals surface area (Å²) in [4.78, 5) is 6.94. The van der Waals surface area contributed by atoms with Gasteiger partial charge in [0.2, 0.25) is 0 Å². The number of aromatic nitrogens is 1. The zero-order valence-corrected chi connectivity index (χ0v) is 11.5. The molecule has 2 aliphatic rings. The molecule has 3 rings (SSSR count). The van der Waals surface area contributed by atoms with E-state index in [9.17, 15) is 0 Å². The number of rotatable bonds is 3. The van der Waals surface area contributed by atoms with E-state index in [1.807, 2.05) is 12.4 Å². The van der Waals surface area contributed by atoms with Gasteiger partial charge in [0.1, 0.15) is 0 Å². The smallest absolute Gasteiger partial charge is 0.0410 e. The highest BCUT2D eigenvalue weighted by molar-refractivity contribution is 9.10. The van der Waals surface area contributed by atoms with Crippen molar-refractivity contribution in [1.29, 1.82) is 0 Å². The van der Waals surface area contributed by atoms with E-state index in [4.69, 9.17) is 0 Å². The Morgan fingerprint density at radius 3 is 2.71 bits per heavy atom. The van der Waals surface area contributed by atoms with Gasteiger partial charge in [0.25, 0.3) is 0 Å². The van der Waals surface area contributed by atoms with E-state index in [-0.39, 0.29) is 0 Å². The highest BCUT2D eigenvalue weighted by atomic mass is 79.9. The zero-order chi connectivity index (χ0) is 11.7. The maximum atomic E-state index is 4.32. The highest BCUT2D eigenvalue weighted by Crippen LogP contribution is 2.44. The van der Waals surface area contributed by atoms with E-state index in [1.165, 1.54) is 18.4 Å². The first-order valence-corrected chi connectivity index (χ1v) is 7.19. The van der Waals surface area contributed by atoms with Gasteiger partial charge in [-0.1, -0.05) is 0 Å². The van der Waals surface area contributed by atoms with E-state index in [0.717, 1.165) is 36.6 Å². The second kappa shape index (κ2) is 5.04. The van der Waals surface area contributed by atoms with Crippen LogP contribution in [-0.4, -0.2) is 36.1 Å². The van der Waals surface area contributed by atoms with Gasteiger partial charge in [-0.3, -0.25) is 9.88 Å². The lowest BCUT2D eigenvalue weighted by Crippen LogP contribution is -2.45. The van der Waals surface area contributed by atoms with Crippen molar-refractivity contribution in [1.82, 2.24) is 15.2 Å². The fraction of sp³-hybridized carbons (Fsp3) is 0.615. The lowest BCUT2D eigenvalue weighted by molar-refractivity contribution is 0.156. The Hall–Kier alpha value is -0.450. The van der Waals surface area contributed by atoms with Crippen molar-refractivity contribution in [3.63, 3.8) is 0 Å². The largest absolute Gasteiger partial charge is 0.314 e. The van der Waals surface area contributed by atoms with Crippen LogP contribution in [0.25, 0.3) is 0 Å². The Balaban J connectivity index is 1.83. The van der Waals surface area contributed by atoms with Crippen LogP contribution in [0.3, 0.4) is 0 Å². The van der Waals surface area contributed by atoms with Crippen molar-refractivity contribution in [3.8, 4) is 0 Å². The van der Waals surface area contributed by atoms with Gasteiger partial charge in [-0.15, -0.1) is 0 Å². The normalized spacial score (nSPS) is 23.6. The molecule has 1 aromatic rings. The molecule has 0 amide bonds. The summed E-state index contributed by atoms with van der Waals surface area (Å²) in [7, 11) is 0. The SMILES string of the molecule is Brc1cncc([C@H](C2CC2)N2CCNCC2)c1. The molecule has 1 aliphatic carbocycles. The van der Waals surface area contributed by atoms with Crippen molar-refractivity contribution >= 4 is 15.9 Å². The van der Waals surface area contributed by atoms with Crippen LogP contribution in [0.2, 0.25) is 0 Å². The number of pyridine rings is 1. The van der Waals surface area contributed by atoms with E-state index in [0.29, 0.717) is 6.04 Å². The lowest BCUT2D eigenvalue weighted by Gasteiger charge is -2.35. The Bertz CT molecular complexity index is 386. The Morgan fingerprint density at radius 2 is 2.06 bits per heavy atom. The molecule has 0 aromatic carbocycles. The lowest BCUT2D eigenvalue weighted by atomic mass is 10.0. The molecule has 92 valence electrons. The molecule has 1 aromatic heterocycles. The molecular weight excluding hydrogens is 278 g/mol. The Morgan fingerprint density at radius 1 is 1.29 bits per heavy atom. The third-order valence-electron chi connectivity index (χ3n) is 3.68. The Labute approximate surface area is 111 Å². The molecule has 0 spiro atoms. The number of hydrogen-bond acceptors (Lipinski definition) is 3. The van der Waals surface area contributed by atoms with Gasteiger partial charge in [-0.25, -0.2) is 0 Å². The topological polar surface area (TPSA) is 28.2 Å². The van der Waals surface area contributed by atoms with Crippen molar-refractivity contribution in [2.45, 2.75) is 18.9 Å². The minimum absolute atomic E-state index is 0.585. The predicted molar refractivity (Wildman–Crippen MR) is 71.8 cm³/mol. The number of halogens is 1. The molecule has 1 aliphatic heterocycles. The average molecular weight is 296 g/mol. The summed E-state index contributed by atoms with van der Waals surface area (Å²) in [5.41, 5.74) is 1.38. The molecule has 3 nitrogen and oxygen atoms in total.